The highest BCUT2D eigenvalue weighted by molar-refractivity contribution is 7.92. The van der Waals surface area contributed by atoms with E-state index >= 15 is 0 Å². The number of nitrogens with zero attached hydrogens (tertiary/aromatic N) is 2. The highest BCUT2D eigenvalue weighted by Crippen LogP contribution is 2.47. The fraction of sp³-hybridized carbons (Fsp3) is 0.237. The number of allylic oxidation sites excluding steroid dienone is 2. The average molecular weight is 694 g/mol. The van der Waals surface area contributed by atoms with E-state index in [0.29, 0.717) is 35.8 Å². The van der Waals surface area contributed by atoms with Crippen molar-refractivity contribution in [2.45, 2.75) is 43.9 Å². The minimum atomic E-state index is -3.92. The minimum absolute atomic E-state index is 0.00312. The topological polar surface area (TPSA) is 126 Å². The zero-order chi connectivity index (χ0) is 34.8. The number of anilines is 2. The molecule has 49 heavy (non-hydrogen) atoms. The summed E-state index contributed by atoms with van der Waals surface area (Å²) in [5.74, 6) is -0.640. The number of carbonyl (C=O) groups excluding carboxylic acids is 2. The van der Waals surface area contributed by atoms with Crippen LogP contribution < -0.4 is 14.4 Å². The second-order valence-corrected chi connectivity index (χ2v) is 15.3. The van der Waals surface area contributed by atoms with E-state index in [1.807, 2.05) is 61.5 Å². The number of nitrogens with one attached hydrogen (secondary N) is 1. The van der Waals surface area contributed by atoms with E-state index < -0.39 is 28.5 Å². The van der Waals surface area contributed by atoms with Gasteiger partial charge in [-0.15, -0.1) is 11.3 Å². The fourth-order valence-corrected chi connectivity index (χ4v) is 8.90. The van der Waals surface area contributed by atoms with Crippen molar-refractivity contribution < 1.29 is 27.5 Å². The zero-order valence-corrected chi connectivity index (χ0v) is 29.0. The van der Waals surface area contributed by atoms with Crippen LogP contribution in [-0.2, 0) is 31.4 Å². The third-order valence-corrected chi connectivity index (χ3v) is 11.7. The molecule has 0 fully saturated rings. The number of fused-ring (bicyclic) bond motifs is 2. The van der Waals surface area contributed by atoms with E-state index in [2.05, 4.69) is 25.2 Å². The summed E-state index contributed by atoms with van der Waals surface area (Å²) in [6, 6.07) is 23.0. The molecule has 0 unspecified atom stereocenters. The molecular formula is C38H35N3O6S2. The maximum atomic E-state index is 13.5. The second-order valence-electron chi connectivity index (χ2n) is 12.4. The first kappa shape index (κ1) is 33.7. The first-order chi connectivity index (χ1) is 23.5. The lowest BCUT2D eigenvalue weighted by atomic mass is 9.77. The van der Waals surface area contributed by atoms with Gasteiger partial charge in [0.1, 0.15) is 16.8 Å². The van der Waals surface area contributed by atoms with Crippen LogP contribution in [0.5, 0.6) is 5.75 Å². The number of rotatable bonds is 10. The Bertz CT molecular complexity index is 2140. The van der Waals surface area contributed by atoms with Crippen molar-refractivity contribution in [2.24, 2.45) is 0 Å². The number of para-hydroxylation sites is 1. The SMILES string of the molecule is CCOc1ccc(/C=C/C2=Cc3c(sc(NC(=O)COC(=O)c4cccc(S(=O)(=O)N5CCc6ccccc65)c4)c3C#N)C(C)(C)C2)cc1. The van der Waals surface area contributed by atoms with Crippen LogP contribution in [0.2, 0.25) is 0 Å². The van der Waals surface area contributed by atoms with Gasteiger partial charge in [-0.3, -0.25) is 9.10 Å². The van der Waals surface area contributed by atoms with Crippen LogP contribution >= 0.6 is 11.3 Å². The number of thiophene rings is 1. The number of benzene rings is 3. The van der Waals surface area contributed by atoms with E-state index in [0.717, 1.165) is 39.3 Å². The molecule has 6 rings (SSSR count). The van der Waals surface area contributed by atoms with Crippen LogP contribution in [0.15, 0.2) is 89.3 Å². The monoisotopic (exact) mass is 693 g/mol. The smallest absolute Gasteiger partial charge is 0.338 e. The summed E-state index contributed by atoms with van der Waals surface area (Å²) in [6.45, 7) is 6.45. The average Bonchev–Trinajstić information content (AvgIpc) is 3.69. The number of ether oxygens (including phenoxy) is 2. The maximum absolute atomic E-state index is 13.5. The predicted molar refractivity (Wildman–Crippen MR) is 191 cm³/mol. The molecule has 9 nitrogen and oxygen atoms in total. The van der Waals surface area contributed by atoms with Gasteiger partial charge in [0.15, 0.2) is 6.61 Å². The summed E-state index contributed by atoms with van der Waals surface area (Å²) in [5.41, 5.74) is 4.45. The summed E-state index contributed by atoms with van der Waals surface area (Å²) >= 11 is 1.34. The Morgan fingerprint density at radius 2 is 1.84 bits per heavy atom. The molecule has 3 aromatic carbocycles. The van der Waals surface area contributed by atoms with Gasteiger partial charge in [-0.05, 0) is 78.9 Å². The summed E-state index contributed by atoms with van der Waals surface area (Å²) in [5, 5.41) is 13.2. The van der Waals surface area contributed by atoms with Crippen molar-refractivity contribution >= 4 is 56.1 Å². The van der Waals surface area contributed by atoms with Crippen molar-refractivity contribution in [1.82, 2.24) is 0 Å². The van der Waals surface area contributed by atoms with Gasteiger partial charge in [0.05, 0.1) is 28.3 Å². The largest absolute Gasteiger partial charge is 0.494 e. The van der Waals surface area contributed by atoms with Gasteiger partial charge < -0.3 is 14.8 Å². The molecule has 0 bridgehead atoms. The Balaban J connectivity index is 1.13. The zero-order valence-electron chi connectivity index (χ0n) is 27.4. The molecule has 0 spiro atoms. The summed E-state index contributed by atoms with van der Waals surface area (Å²) in [4.78, 5) is 26.8. The number of esters is 1. The lowest BCUT2D eigenvalue weighted by Crippen LogP contribution is -2.29. The molecule has 1 N–H and O–H groups in total. The van der Waals surface area contributed by atoms with Gasteiger partial charge in [-0.1, -0.05) is 62.4 Å². The molecule has 1 aliphatic carbocycles. The molecule has 1 aliphatic heterocycles. The van der Waals surface area contributed by atoms with Crippen molar-refractivity contribution in [1.29, 1.82) is 5.26 Å². The molecule has 4 aromatic rings. The lowest BCUT2D eigenvalue weighted by Gasteiger charge is -2.29. The van der Waals surface area contributed by atoms with Crippen LogP contribution in [0.25, 0.3) is 12.2 Å². The number of hydrogen-bond acceptors (Lipinski definition) is 8. The first-order valence-electron chi connectivity index (χ1n) is 15.9. The summed E-state index contributed by atoms with van der Waals surface area (Å²) < 4.78 is 39.0. The van der Waals surface area contributed by atoms with Crippen LogP contribution in [0.1, 0.15) is 64.7 Å². The van der Waals surface area contributed by atoms with Gasteiger partial charge in [0.25, 0.3) is 15.9 Å². The molecule has 2 heterocycles. The normalized spacial score (nSPS) is 14.8. The third-order valence-electron chi connectivity index (χ3n) is 8.42. The van der Waals surface area contributed by atoms with E-state index in [-0.39, 0.29) is 15.9 Å². The van der Waals surface area contributed by atoms with Crippen LogP contribution in [0.4, 0.5) is 10.7 Å². The Kier molecular flexibility index (Phi) is 9.45. The molecule has 0 saturated carbocycles. The molecule has 1 aromatic heterocycles. The highest BCUT2D eigenvalue weighted by Gasteiger charge is 2.34. The third kappa shape index (κ3) is 7.02. The van der Waals surface area contributed by atoms with E-state index in [9.17, 15) is 23.3 Å². The van der Waals surface area contributed by atoms with Crippen molar-refractivity contribution in [2.75, 3.05) is 29.4 Å². The number of sulfonamides is 1. The summed E-state index contributed by atoms with van der Waals surface area (Å²) in [7, 11) is -3.92. The molecule has 0 radical (unpaired) electrons. The van der Waals surface area contributed by atoms with Gasteiger partial charge in [0, 0.05) is 22.4 Å². The van der Waals surface area contributed by atoms with Crippen molar-refractivity contribution in [3.05, 3.63) is 117 Å². The van der Waals surface area contributed by atoms with Crippen LogP contribution in [0.3, 0.4) is 0 Å². The lowest BCUT2D eigenvalue weighted by molar-refractivity contribution is -0.119. The fourth-order valence-electron chi connectivity index (χ4n) is 6.11. The maximum Gasteiger partial charge on any atom is 0.338 e. The highest BCUT2D eigenvalue weighted by atomic mass is 32.2. The Morgan fingerprint density at radius 3 is 2.59 bits per heavy atom. The molecular weight excluding hydrogens is 659 g/mol. The summed E-state index contributed by atoms with van der Waals surface area (Å²) in [6.07, 6.45) is 7.39. The minimum Gasteiger partial charge on any atom is -0.494 e. The number of carbonyl (C=O) groups is 2. The molecule has 2 aliphatic rings. The Labute approximate surface area is 290 Å². The number of amides is 1. The Hall–Kier alpha value is -5.18. The number of nitriles is 1. The van der Waals surface area contributed by atoms with Crippen molar-refractivity contribution in [3.63, 3.8) is 0 Å². The second kappa shape index (κ2) is 13.7. The van der Waals surface area contributed by atoms with Crippen molar-refractivity contribution in [3.8, 4) is 11.8 Å². The van der Waals surface area contributed by atoms with Gasteiger partial charge >= 0.3 is 5.97 Å². The van der Waals surface area contributed by atoms with E-state index in [4.69, 9.17) is 9.47 Å². The van der Waals surface area contributed by atoms with Crippen LogP contribution in [0, 0.1) is 11.3 Å². The number of hydrogen-bond donors (Lipinski definition) is 1. The molecule has 1 amide bonds. The quantitative estimate of drug-likeness (QED) is 0.172. The predicted octanol–water partition coefficient (Wildman–Crippen LogP) is 7.34. The molecule has 11 heteroatoms. The Morgan fingerprint density at radius 1 is 1.06 bits per heavy atom. The van der Waals surface area contributed by atoms with Gasteiger partial charge in [-0.2, -0.15) is 5.26 Å². The van der Waals surface area contributed by atoms with E-state index in [1.54, 1.807) is 12.1 Å². The van der Waals surface area contributed by atoms with Crippen LogP contribution in [-0.4, -0.2) is 40.1 Å². The molecule has 0 atom stereocenters. The first-order valence-corrected chi connectivity index (χ1v) is 18.1. The van der Waals surface area contributed by atoms with Gasteiger partial charge in [0.2, 0.25) is 0 Å². The molecule has 250 valence electrons. The molecule has 0 saturated heterocycles. The van der Waals surface area contributed by atoms with E-state index in [1.165, 1.54) is 39.9 Å². The standard InChI is InChI=1S/C38H35N3O6S2/c1-4-46-29-16-14-25(15-17-29)12-13-26-20-31-32(23-39)36(48-35(31)38(2,3)22-26)40-34(42)24-47-37(43)28-9-7-10-30(21-28)49(44,45)41-19-18-27-8-5-6-11-33(27)41/h5-17,20-21H,4,18-19,22,24H2,1-3H3,(H,40,42)/b13-12+. The van der Waals surface area contributed by atoms with Gasteiger partial charge in [-0.25, -0.2) is 13.2 Å².